The molecule has 1 aromatic carbocycles. The molecule has 1 aromatic heterocycles. The lowest BCUT2D eigenvalue weighted by atomic mass is 9.83. The third-order valence-electron chi connectivity index (χ3n) is 4.75. The molecule has 2 heteroatoms. The van der Waals surface area contributed by atoms with E-state index in [0.29, 0.717) is 5.92 Å². The second-order valence-electron chi connectivity index (χ2n) is 6.21. The van der Waals surface area contributed by atoms with E-state index in [1.54, 1.807) is 7.11 Å². The van der Waals surface area contributed by atoms with Crippen molar-refractivity contribution in [3.63, 3.8) is 0 Å². The molecular formula is C20H25NO. The van der Waals surface area contributed by atoms with Crippen LogP contribution in [0.3, 0.4) is 0 Å². The molecule has 0 atom stereocenters. The highest BCUT2D eigenvalue weighted by Crippen LogP contribution is 2.37. The van der Waals surface area contributed by atoms with E-state index < -0.39 is 0 Å². The van der Waals surface area contributed by atoms with Crippen LogP contribution >= 0.6 is 0 Å². The van der Waals surface area contributed by atoms with E-state index in [0.717, 1.165) is 11.4 Å². The van der Waals surface area contributed by atoms with Crippen molar-refractivity contribution in [2.45, 2.75) is 50.9 Å². The van der Waals surface area contributed by atoms with Crippen LogP contribution in [0.15, 0.2) is 42.6 Å². The predicted molar refractivity (Wildman–Crippen MR) is 91.3 cm³/mol. The minimum atomic E-state index is 0.656. The van der Waals surface area contributed by atoms with Gasteiger partial charge in [-0.25, -0.2) is 0 Å². The van der Waals surface area contributed by atoms with Crippen LogP contribution in [-0.2, 0) is 0 Å². The average molecular weight is 295 g/mol. The van der Waals surface area contributed by atoms with Crippen molar-refractivity contribution < 1.29 is 4.74 Å². The number of hydrogen-bond donors (Lipinski definition) is 0. The van der Waals surface area contributed by atoms with Gasteiger partial charge >= 0.3 is 0 Å². The van der Waals surface area contributed by atoms with Gasteiger partial charge in [0.25, 0.3) is 0 Å². The van der Waals surface area contributed by atoms with Gasteiger partial charge in [0.2, 0.25) is 0 Å². The number of benzene rings is 1. The normalized spacial score (nSPS) is 16.8. The van der Waals surface area contributed by atoms with Gasteiger partial charge in [0, 0.05) is 11.8 Å². The second-order valence-corrected chi connectivity index (χ2v) is 6.21. The number of rotatable bonds is 3. The molecule has 0 N–H and O–H groups in total. The summed E-state index contributed by atoms with van der Waals surface area (Å²) in [5.74, 6) is 1.57. The Morgan fingerprint density at radius 3 is 2.41 bits per heavy atom. The average Bonchev–Trinajstić information content (AvgIpc) is 2.55. The quantitative estimate of drug-likeness (QED) is 0.737. The Morgan fingerprint density at radius 2 is 1.73 bits per heavy atom. The third-order valence-corrected chi connectivity index (χ3v) is 4.75. The van der Waals surface area contributed by atoms with Gasteiger partial charge in [0.15, 0.2) is 0 Å². The van der Waals surface area contributed by atoms with Gasteiger partial charge in [0.1, 0.15) is 5.75 Å². The molecule has 1 heterocycles. The first-order valence-corrected chi connectivity index (χ1v) is 8.48. The van der Waals surface area contributed by atoms with E-state index in [2.05, 4.69) is 35.3 Å². The maximum Gasteiger partial charge on any atom is 0.119 e. The first-order valence-electron chi connectivity index (χ1n) is 8.48. The number of hydrogen-bond acceptors (Lipinski definition) is 2. The summed E-state index contributed by atoms with van der Waals surface area (Å²) in [7, 11) is 1.73. The second kappa shape index (κ2) is 7.44. The Balaban J connectivity index is 1.98. The summed E-state index contributed by atoms with van der Waals surface area (Å²) in [6.07, 6.45) is 11.3. The molecule has 0 aliphatic heterocycles. The van der Waals surface area contributed by atoms with Gasteiger partial charge in [-0.3, -0.25) is 4.98 Å². The molecule has 1 aliphatic rings. The molecule has 1 aliphatic carbocycles. The van der Waals surface area contributed by atoms with Gasteiger partial charge in [-0.2, -0.15) is 0 Å². The molecule has 22 heavy (non-hydrogen) atoms. The summed E-state index contributed by atoms with van der Waals surface area (Å²) < 4.78 is 5.44. The fourth-order valence-corrected chi connectivity index (χ4v) is 3.53. The number of nitrogens with zero attached hydrogens (tertiary/aromatic N) is 1. The number of methoxy groups -OCH3 is 1. The van der Waals surface area contributed by atoms with Crippen LogP contribution in [0.4, 0.5) is 0 Å². The summed E-state index contributed by atoms with van der Waals surface area (Å²) >= 11 is 0. The van der Waals surface area contributed by atoms with E-state index >= 15 is 0 Å². The minimum Gasteiger partial charge on any atom is -0.497 e. The molecule has 116 valence electrons. The highest BCUT2D eigenvalue weighted by atomic mass is 16.5. The van der Waals surface area contributed by atoms with Gasteiger partial charge in [-0.1, -0.05) is 44.2 Å². The van der Waals surface area contributed by atoms with Crippen LogP contribution in [0.5, 0.6) is 5.75 Å². The summed E-state index contributed by atoms with van der Waals surface area (Å²) in [5.41, 5.74) is 3.74. The van der Waals surface area contributed by atoms with E-state index in [4.69, 9.17) is 4.74 Å². The highest BCUT2D eigenvalue weighted by molar-refractivity contribution is 5.66. The Hall–Kier alpha value is -1.83. The van der Waals surface area contributed by atoms with Gasteiger partial charge in [-0.05, 0) is 48.6 Å². The van der Waals surface area contributed by atoms with Crippen molar-refractivity contribution in [1.82, 2.24) is 4.98 Å². The summed E-state index contributed by atoms with van der Waals surface area (Å²) in [6, 6.07) is 12.6. The molecule has 0 saturated heterocycles. The topological polar surface area (TPSA) is 22.1 Å². The van der Waals surface area contributed by atoms with Crippen LogP contribution in [0.2, 0.25) is 0 Å². The number of ether oxygens (including phenoxy) is 1. The third kappa shape index (κ3) is 3.49. The van der Waals surface area contributed by atoms with E-state index in [1.807, 2.05) is 12.3 Å². The van der Waals surface area contributed by atoms with Crippen molar-refractivity contribution >= 4 is 0 Å². The number of aromatic nitrogens is 1. The van der Waals surface area contributed by atoms with Gasteiger partial charge < -0.3 is 4.74 Å². The minimum absolute atomic E-state index is 0.656. The van der Waals surface area contributed by atoms with Crippen LogP contribution in [0, 0.1) is 0 Å². The van der Waals surface area contributed by atoms with Crippen LogP contribution in [0.1, 0.15) is 56.4 Å². The lowest BCUT2D eigenvalue weighted by Gasteiger charge is -2.23. The van der Waals surface area contributed by atoms with E-state index in [1.165, 1.54) is 56.1 Å². The smallest absolute Gasteiger partial charge is 0.119 e. The van der Waals surface area contributed by atoms with Crippen LogP contribution in [0.25, 0.3) is 11.3 Å². The lowest BCUT2D eigenvalue weighted by Crippen LogP contribution is -2.05. The fraction of sp³-hybridized carbons (Fsp3) is 0.450. The molecule has 2 nitrogen and oxygen atoms in total. The van der Waals surface area contributed by atoms with Crippen LogP contribution < -0.4 is 4.74 Å². The molecule has 0 spiro atoms. The summed E-state index contributed by atoms with van der Waals surface area (Å²) in [5, 5.41) is 0. The van der Waals surface area contributed by atoms with Gasteiger partial charge in [0.05, 0.1) is 12.8 Å². The molecule has 0 radical (unpaired) electrons. The molecule has 0 bridgehead atoms. The van der Waals surface area contributed by atoms with Crippen molar-refractivity contribution in [2.75, 3.05) is 7.11 Å². The molecule has 1 fully saturated rings. The Kier molecular flexibility index (Phi) is 5.10. The standard InChI is InChI=1S/C20H25NO/c1-22-17-12-13-18(16-9-5-3-2-4-6-10-16)19(15-17)20-11-7-8-14-21-20/h7-8,11-16H,2-6,9-10H2,1H3. The fourth-order valence-electron chi connectivity index (χ4n) is 3.53. The maximum atomic E-state index is 5.44. The monoisotopic (exact) mass is 295 g/mol. The summed E-state index contributed by atoms with van der Waals surface area (Å²) in [6.45, 7) is 0. The van der Waals surface area contributed by atoms with E-state index in [-0.39, 0.29) is 0 Å². The van der Waals surface area contributed by atoms with Crippen molar-refractivity contribution in [3.05, 3.63) is 48.2 Å². The first-order chi connectivity index (χ1) is 10.9. The molecular weight excluding hydrogens is 270 g/mol. The molecule has 0 unspecified atom stereocenters. The van der Waals surface area contributed by atoms with Gasteiger partial charge in [-0.15, -0.1) is 0 Å². The highest BCUT2D eigenvalue weighted by Gasteiger charge is 2.18. The molecule has 2 aromatic rings. The molecule has 3 rings (SSSR count). The Labute approximate surface area is 133 Å². The molecule has 1 saturated carbocycles. The first kappa shape index (κ1) is 15.1. The maximum absolute atomic E-state index is 5.44. The van der Waals surface area contributed by atoms with Crippen molar-refractivity contribution in [2.24, 2.45) is 0 Å². The van der Waals surface area contributed by atoms with Crippen LogP contribution in [-0.4, -0.2) is 12.1 Å². The van der Waals surface area contributed by atoms with E-state index in [9.17, 15) is 0 Å². The predicted octanol–water partition coefficient (Wildman–Crippen LogP) is 5.59. The zero-order chi connectivity index (χ0) is 15.2. The zero-order valence-corrected chi connectivity index (χ0v) is 13.4. The SMILES string of the molecule is COc1ccc(C2CCCCCCC2)c(-c2ccccn2)c1. The zero-order valence-electron chi connectivity index (χ0n) is 13.4. The van der Waals surface area contributed by atoms with Crippen molar-refractivity contribution in [1.29, 1.82) is 0 Å². The summed E-state index contributed by atoms with van der Waals surface area (Å²) in [4.78, 5) is 4.57. The largest absolute Gasteiger partial charge is 0.497 e. The van der Waals surface area contributed by atoms with Crippen molar-refractivity contribution in [3.8, 4) is 17.0 Å². The number of pyridine rings is 1. The Bertz CT molecular complexity index is 586. The lowest BCUT2D eigenvalue weighted by molar-refractivity contribution is 0.414. The molecule has 0 amide bonds. The Morgan fingerprint density at radius 1 is 0.955 bits per heavy atom.